The van der Waals surface area contributed by atoms with E-state index in [1.165, 1.54) is 0 Å². The summed E-state index contributed by atoms with van der Waals surface area (Å²) in [5.74, 6) is 0.754. The predicted molar refractivity (Wildman–Crippen MR) is 101 cm³/mol. The van der Waals surface area contributed by atoms with Crippen molar-refractivity contribution in [1.29, 1.82) is 0 Å². The number of carbonyl (C=O) groups is 1. The number of nitrogens with zero attached hydrogens (tertiary/aromatic N) is 1. The number of ether oxygens (including phenoxy) is 1. The average Bonchev–Trinajstić information content (AvgIpc) is 2.60. The minimum Gasteiger partial charge on any atom is -0.494 e. The summed E-state index contributed by atoms with van der Waals surface area (Å²) in [4.78, 5) is 14.1. The molecule has 0 radical (unpaired) electrons. The standard InChI is InChI=1S/C21H23NO2/c1-4-24-20-15-11-18(12-16-20)21(23)8-6-5-7-17-9-13-19(14-10-17)22(2)3/h5-16H,4H2,1-3H3/b7-5+,8-6+. The third-order valence-electron chi connectivity index (χ3n) is 3.51. The van der Waals surface area contributed by atoms with Crippen LogP contribution in [0, 0.1) is 0 Å². The van der Waals surface area contributed by atoms with Gasteiger partial charge in [-0.1, -0.05) is 30.4 Å². The molecule has 0 bridgehead atoms. The van der Waals surface area contributed by atoms with Crippen LogP contribution < -0.4 is 9.64 Å². The van der Waals surface area contributed by atoms with Crippen LogP contribution in [0.15, 0.2) is 66.8 Å². The lowest BCUT2D eigenvalue weighted by Crippen LogP contribution is -2.07. The number of benzene rings is 2. The van der Waals surface area contributed by atoms with Crippen molar-refractivity contribution in [3.8, 4) is 5.75 Å². The highest BCUT2D eigenvalue weighted by molar-refractivity contribution is 6.04. The number of rotatable bonds is 7. The lowest BCUT2D eigenvalue weighted by atomic mass is 10.1. The zero-order chi connectivity index (χ0) is 17.4. The van der Waals surface area contributed by atoms with Crippen molar-refractivity contribution in [2.24, 2.45) is 0 Å². The van der Waals surface area contributed by atoms with Crippen LogP contribution in [0.25, 0.3) is 6.08 Å². The van der Waals surface area contributed by atoms with E-state index in [9.17, 15) is 4.79 Å². The van der Waals surface area contributed by atoms with Crippen molar-refractivity contribution in [3.63, 3.8) is 0 Å². The highest BCUT2D eigenvalue weighted by Crippen LogP contribution is 2.14. The highest BCUT2D eigenvalue weighted by atomic mass is 16.5. The molecule has 0 aliphatic carbocycles. The number of hydrogen-bond acceptors (Lipinski definition) is 3. The van der Waals surface area contributed by atoms with E-state index in [1.807, 2.05) is 57.4 Å². The molecule has 0 heterocycles. The van der Waals surface area contributed by atoms with Crippen molar-refractivity contribution in [3.05, 3.63) is 77.9 Å². The van der Waals surface area contributed by atoms with Gasteiger partial charge in [0.25, 0.3) is 0 Å². The van der Waals surface area contributed by atoms with Crippen LogP contribution in [0.5, 0.6) is 5.75 Å². The topological polar surface area (TPSA) is 29.5 Å². The summed E-state index contributed by atoms with van der Waals surface area (Å²) in [5, 5.41) is 0. The maximum Gasteiger partial charge on any atom is 0.185 e. The fourth-order valence-corrected chi connectivity index (χ4v) is 2.17. The molecule has 0 atom stereocenters. The first-order valence-corrected chi connectivity index (χ1v) is 7.99. The van der Waals surface area contributed by atoms with Gasteiger partial charge >= 0.3 is 0 Å². The van der Waals surface area contributed by atoms with Crippen LogP contribution >= 0.6 is 0 Å². The second-order valence-corrected chi connectivity index (χ2v) is 5.53. The second kappa shape index (κ2) is 8.73. The van der Waals surface area contributed by atoms with E-state index >= 15 is 0 Å². The van der Waals surface area contributed by atoms with Gasteiger partial charge in [-0.3, -0.25) is 4.79 Å². The van der Waals surface area contributed by atoms with Crippen LogP contribution in [-0.2, 0) is 0 Å². The molecule has 0 saturated carbocycles. The van der Waals surface area contributed by atoms with Crippen molar-refractivity contribution < 1.29 is 9.53 Å². The lowest BCUT2D eigenvalue weighted by molar-refractivity contribution is 0.104. The molecule has 2 aromatic rings. The largest absolute Gasteiger partial charge is 0.494 e. The summed E-state index contributed by atoms with van der Waals surface area (Å²) in [5.41, 5.74) is 2.91. The summed E-state index contributed by atoms with van der Waals surface area (Å²) in [6, 6.07) is 15.4. The van der Waals surface area contributed by atoms with Gasteiger partial charge in [0, 0.05) is 25.3 Å². The van der Waals surface area contributed by atoms with Gasteiger partial charge in [-0.05, 0) is 55.0 Å². The molecule has 0 aromatic heterocycles. The average molecular weight is 321 g/mol. The molecule has 2 rings (SSSR count). The summed E-state index contributed by atoms with van der Waals surface area (Å²) in [6.07, 6.45) is 7.18. The summed E-state index contributed by atoms with van der Waals surface area (Å²) < 4.78 is 5.37. The normalized spacial score (nSPS) is 11.1. The van der Waals surface area contributed by atoms with Gasteiger partial charge in [-0.25, -0.2) is 0 Å². The first kappa shape index (κ1) is 17.5. The summed E-state index contributed by atoms with van der Waals surface area (Å²) >= 11 is 0. The van der Waals surface area contributed by atoms with E-state index in [1.54, 1.807) is 24.3 Å². The highest BCUT2D eigenvalue weighted by Gasteiger charge is 2.01. The third kappa shape index (κ3) is 5.13. The number of hydrogen-bond donors (Lipinski definition) is 0. The number of anilines is 1. The van der Waals surface area contributed by atoms with E-state index in [2.05, 4.69) is 17.0 Å². The Morgan fingerprint density at radius 3 is 2.25 bits per heavy atom. The molecule has 0 amide bonds. The zero-order valence-corrected chi connectivity index (χ0v) is 14.4. The van der Waals surface area contributed by atoms with Crippen molar-refractivity contribution in [2.75, 3.05) is 25.6 Å². The maximum atomic E-state index is 12.1. The van der Waals surface area contributed by atoms with Gasteiger partial charge in [0.15, 0.2) is 5.78 Å². The fourth-order valence-electron chi connectivity index (χ4n) is 2.17. The summed E-state index contributed by atoms with van der Waals surface area (Å²) in [7, 11) is 4.03. The fraction of sp³-hybridized carbons (Fsp3) is 0.190. The molecule has 0 aliphatic rings. The first-order valence-electron chi connectivity index (χ1n) is 7.99. The number of allylic oxidation sites excluding steroid dienone is 3. The molecule has 3 heteroatoms. The Kier molecular flexibility index (Phi) is 6.38. The Morgan fingerprint density at radius 1 is 1.00 bits per heavy atom. The Hall–Kier alpha value is -2.81. The SMILES string of the molecule is CCOc1ccc(C(=O)/C=C/C=C/c2ccc(N(C)C)cc2)cc1. The minimum atomic E-state index is -0.0225. The van der Waals surface area contributed by atoms with Crippen molar-refractivity contribution in [1.82, 2.24) is 0 Å². The van der Waals surface area contributed by atoms with Gasteiger partial charge in [0.05, 0.1) is 6.61 Å². The summed E-state index contributed by atoms with van der Waals surface area (Å²) in [6.45, 7) is 2.55. The van der Waals surface area contributed by atoms with E-state index in [-0.39, 0.29) is 5.78 Å². The molecule has 0 saturated heterocycles. The minimum absolute atomic E-state index is 0.0225. The van der Waals surface area contributed by atoms with Crippen LogP contribution in [0.4, 0.5) is 5.69 Å². The molecular weight excluding hydrogens is 298 g/mol. The van der Waals surface area contributed by atoms with E-state index in [0.717, 1.165) is 17.0 Å². The monoisotopic (exact) mass is 321 g/mol. The van der Waals surface area contributed by atoms with Crippen LogP contribution in [0.1, 0.15) is 22.8 Å². The molecule has 3 nitrogen and oxygen atoms in total. The van der Waals surface area contributed by atoms with Gasteiger partial charge in [0.2, 0.25) is 0 Å². The molecule has 0 fully saturated rings. The molecule has 0 N–H and O–H groups in total. The van der Waals surface area contributed by atoms with Crippen LogP contribution in [-0.4, -0.2) is 26.5 Å². The molecular formula is C21H23NO2. The smallest absolute Gasteiger partial charge is 0.185 e. The quantitative estimate of drug-likeness (QED) is 0.424. The maximum absolute atomic E-state index is 12.1. The Labute approximate surface area is 143 Å². The van der Waals surface area contributed by atoms with Gasteiger partial charge < -0.3 is 9.64 Å². The number of ketones is 1. The van der Waals surface area contributed by atoms with Crippen molar-refractivity contribution >= 4 is 17.5 Å². The lowest BCUT2D eigenvalue weighted by Gasteiger charge is -2.11. The zero-order valence-electron chi connectivity index (χ0n) is 14.4. The van der Waals surface area contributed by atoms with E-state index in [0.29, 0.717) is 12.2 Å². The predicted octanol–water partition coefficient (Wildman–Crippen LogP) is 4.60. The van der Waals surface area contributed by atoms with Gasteiger partial charge in [-0.2, -0.15) is 0 Å². The van der Waals surface area contributed by atoms with Crippen LogP contribution in [0.3, 0.4) is 0 Å². The van der Waals surface area contributed by atoms with Crippen LogP contribution in [0.2, 0.25) is 0 Å². The Balaban J connectivity index is 1.93. The van der Waals surface area contributed by atoms with E-state index in [4.69, 9.17) is 4.74 Å². The molecule has 24 heavy (non-hydrogen) atoms. The van der Waals surface area contributed by atoms with Gasteiger partial charge in [0.1, 0.15) is 5.75 Å². The Bertz CT molecular complexity index is 711. The number of carbonyl (C=O) groups excluding carboxylic acids is 1. The van der Waals surface area contributed by atoms with Crippen molar-refractivity contribution in [2.45, 2.75) is 6.92 Å². The van der Waals surface area contributed by atoms with E-state index < -0.39 is 0 Å². The first-order chi connectivity index (χ1) is 11.6. The molecule has 124 valence electrons. The molecule has 2 aromatic carbocycles. The Morgan fingerprint density at radius 2 is 1.67 bits per heavy atom. The molecule has 0 aliphatic heterocycles. The molecule has 0 spiro atoms. The third-order valence-corrected chi connectivity index (χ3v) is 3.51. The molecule has 0 unspecified atom stereocenters. The second-order valence-electron chi connectivity index (χ2n) is 5.53. The van der Waals surface area contributed by atoms with Gasteiger partial charge in [-0.15, -0.1) is 0 Å².